The second kappa shape index (κ2) is 7.42. The standard InChI is InChI=1S/C13H18F3N5O2/c14-13(15,16)9-3-1-2-4-10(9)20-11(22)5-18-12(23)6-21-8-17-7-19-21/h7-10H,1-6H2,(H,18,23)(H,20,22)/t9-,10+/m1/s1. The van der Waals surface area contributed by atoms with Gasteiger partial charge in [0.15, 0.2) is 0 Å². The van der Waals surface area contributed by atoms with Crippen LogP contribution in [0.5, 0.6) is 0 Å². The minimum atomic E-state index is -4.32. The van der Waals surface area contributed by atoms with Crippen LogP contribution in [0.25, 0.3) is 0 Å². The fourth-order valence-corrected chi connectivity index (χ4v) is 2.65. The molecule has 10 heteroatoms. The van der Waals surface area contributed by atoms with Crippen molar-refractivity contribution in [1.29, 1.82) is 0 Å². The molecule has 1 aromatic rings. The molecular weight excluding hydrogens is 315 g/mol. The number of alkyl halides is 3. The van der Waals surface area contributed by atoms with Gasteiger partial charge in [-0.25, -0.2) is 9.67 Å². The smallest absolute Gasteiger partial charge is 0.351 e. The van der Waals surface area contributed by atoms with Gasteiger partial charge in [-0.2, -0.15) is 18.3 Å². The van der Waals surface area contributed by atoms with Crippen molar-refractivity contribution in [3.05, 3.63) is 12.7 Å². The van der Waals surface area contributed by atoms with Gasteiger partial charge in [-0.05, 0) is 12.8 Å². The third-order valence-electron chi connectivity index (χ3n) is 3.75. The van der Waals surface area contributed by atoms with Crippen LogP contribution in [-0.4, -0.2) is 45.3 Å². The molecule has 1 heterocycles. The maximum absolute atomic E-state index is 12.9. The summed E-state index contributed by atoms with van der Waals surface area (Å²) in [6.07, 6.45) is -0.248. The maximum Gasteiger partial charge on any atom is 0.393 e. The average molecular weight is 333 g/mol. The number of amides is 2. The molecule has 0 saturated heterocycles. The van der Waals surface area contributed by atoms with E-state index in [-0.39, 0.29) is 19.5 Å². The Morgan fingerprint density at radius 1 is 1.22 bits per heavy atom. The Morgan fingerprint density at radius 2 is 1.96 bits per heavy atom. The van der Waals surface area contributed by atoms with Crippen LogP contribution in [0.3, 0.4) is 0 Å². The van der Waals surface area contributed by atoms with Crippen LogP contribution < -0.4 is 10.6 Å². The van der Waals surface area contributed by atoms with E-state index in [0.717, 1.165) is 0 Å². The lowest BCUT2D eigenvalue weighted by Crippen LogP contribution is -2.50. The monoisotopic (exact) mass is 333 g/mol. The quantitative estimate of drug-likeness (QED) is 0.827. The van der Waals surface area contributed by atoms with Crippen LogP contribution in [0.15, 0.2) is 12.7 Å². The van der Waals surface area contributed by atoms with Crippen molar-refractivity contribution in [1.82, 2.24) is 25.4 Å². The Bertz CT molecular complexity index is 532. The number of hydrogen-bond donors (Lipinski definition) is 2. The van der Waals surface area contributed by atoms with Crippen LogP contribution in [-0.2, 0) is 16.1 Å². The summed E-state index contributed by atoms with van der Waals surface area (Å²) in [6.45, 7) is -0.476. The van der Waals surface area contributed by atoms with Gasteiger partial charge < -0.3 is 10.6 Å². The second-order valence-corrected chi connectivity index (χ2v) is 5.48. The van der Waals surface area contributed by atoms with Gasteiger partial charge in [0.25, 0.3) is 0 Å². The molecule has 2 rings (SSSR count). The minimum absolute atomic E-state index is 0.0209. The van der Waals surface area contributed by atoms with Gasteiger partial charge in [0.05, 0.1) is 12.5 Å². The summed E-state index contributed by atoms with van der Waals surface area (Å²) in [5.41, 5.74) is 0. The first kappa shape index (κ1) is 17.2. The molecule has 1 fully saturated rings. The van der Waals surface area contributed by atoms with Crippen LogP contribution in [0.4, 0.5) is 13.2 Å². The van der Waals surface area contributed by atoms with Gasteiger partial charge in [0, 0.05) is 6.04 Å². The SMILES string of the molecule is O=C(Cn1cncn1)NCC(=O)N[C@H]1CCCC[C@H]1C(F)(F)F. The first-order valence-corrected chi connectivity index (χ1v) is 7.31. The molecule has 0 aliphatic heterocycles. The molecular formula is C13H18F3N5O2. The van der Waals surface area contributed by atoms with E-state index < -0.39 is 30.0 Å². The first-order valence-electron chi connectivity index (χ1n) is 7.31. The van der Waals surface area contributed by atoms with E-state index in [4.69, 9.17) is 0 Å². The summed E-state index contributed by atoms with van der Waals surface area (Å²) in [4.78, 5) is 27.0. The Hall–Kier alpha value is -2.13. The Morgan fingerprint density at radius 3 is 2.61 bits per heavy atom. The molecule has 2 amide bonds. The third-order valence-corrected chi connectivity index (χ3v) is 3.75. The van der Waals surface area contributed by atoms with E-state index in [1.54, 1.807) is 0 Å². The Labute approximate surface area is 130 Å². The van der Waals surface area contributed by atoms with E-state index in [2.05, 4.69) is 20.7 Å². The van der Waals surface area contributed by atoms with Gasteiger partial charge in [-0.15, -0.1) is 0 Å². The zero-order valence-electron chi connectivity index (χ0n) is 12.3. The number of hydrogen-bond acceptors (Lipinski definition) is 4. The van der Waals surface area contributed by atoms with Crippen molar-refractivity contribution in [2.45, 2.75) is 44.4 Å². The number of carbonyl (C=O) groups excluding carboxylic acids is 2. The number of nitrogens with one attached hydrogen (secondary N) is 2. The van der Waals surface area contributed by atoms with Gasteiger partial charge in [0.2, 0.25) is 11.8 Å². The zero-order chi connectivity index (χ0) is 16.9. The molecule has 1 aromatic heterocycles. The predicted octanol–water partition coefficient (Wildman–Crippen LogP) is 0.632. The second-order valence-electron chi connectivity index (χ2n) is 5.48. The highest BCUT2D eigenvalue weighted by Crippen LogP contribution is 2.37. The molecule has 23 heavy (non-hydrogen) atoms. The summed E-state index contributed by atoms with van der Waals surface area (Å²) in [6, 6.07) is -0.927. The lowest BCUT2D eigenvalue weighted by Gasteiger charge is -2.33. The van der Waals surface area contributed by atoms with Crippen molar-refractivity contribution >= 4 is 11.8 Å². The van der Waals surface area contributed by atoms with E-state index in [1.807, 2.05) is 0 Å². The average Bonchev–Trinajstić information content (AvgIpc) is 2.97. The van der Waals surface area contributed by atoms with Crippen molar-refractivity contribution in [3.63, 3.8) is 0 Å². The van der Waals surface area contributed by atoms with Crippen LogP contribution >= 0.6 is 0 Å². The molecule has 1 saturated carbocycles. The van der Waals surface area contributed by atoms with Gasteiger partial charge in [-0.3, -0.25) is 9.59 Å². The third kappa shape index (κ3) is 5.22. The number of aromatic nitrogens is 3. The topological polar surface area (TPSA) is 88.9 Å². The summed E-state index contributed by atoms with van der Waals surface area (Å²) < 4.78 is 40.1. The number of halogens is 3. The Kier molecular flexibility index (Phi) is 5.56. The van der Waals surface area contributed by atoms with Gasteiger partial charge >= 0.3 is 6.18 Å². The number of rotatable bonds is 5. The molecule has 0 unspecified atom stereocenters. The molecule has 1 aliphatic carbocycles. The number of nitrogens with zero attached hydrogens (tertiary/aromatic N) is 3. The van der Waals surface area contributed by atoms with Crippen molar-refractivity contribution in [2.75, 3.05) is 6.54 Å². The highest BCUT2D eigenvalue weighted by Gasteiger charge is 2.45. The Balaban J connectivity index is 1.78. The van der Waals surface area contributed by atoms with Crippen LogP contribution in [0.1, 0.15) is 25.7 Å². The van der Waals surface area contributed by atoms with E-state index in [1.165, 1.54) is 17.3 Å². The molecule has 2 atom stereocenters. The zero-order valence-corrected chi connectivity index (χ0v) is 12.3. The van der Waals surface area contributed by atoms with Crippen molar-refractivity contribution in [2.24, 2.45) is 5.92 Å². The van der Waals surface area contributed by atoms with E-state index >= 15 is 0 Å². The summed E-state index contributed by atoms with van der Waals surface area (Å²) in [5, 5.41) is 8.46. The van der Waals surface area contributed by atoms with E-state index in [0.29, 0.717) is 19.3 Å². The summed E-state index contributed by atoms with van der Waals surface area (Å²) >= 11 is 0. The molecule has 1 aliphatic rings. The lowest BCUT2D eigenvalue weighted by molar-refractivity contribution is -0.189. The van der Waals surface area contributed by atoms with E-state index in [9.17, 15) is 22.8 Å². The molecule has 2 N–H and O–H groups in total. The predicted molar refractivity (Wildman–Crippen MR) is 73.0 cm³/mol. The molecule has 0 aromatic carbocycles. The van der Waals surface area contributed by atoms with Crippen LogP contribution in [0, 0.1) is 5.92 Å². The van der Waals surface area contributed by atoms with Crippen LogP contribution in [0.2, 0.25) is 0 Å². The maximum atomic E-state index is 12.9. The largest absolute Gasteiger partial charge is 0.393 e. The fraction of sp³-hybridized carbons (Fsp3) is 0.692. The normalized spacial score (nSPS) is 21.7. The highest BCUT2D eigenvalue weighted by atomic mass is 19.4. The van der Waals surface area contributed by atoms with Gasteiger partial charge in [-0.1, -0.05) is 12.8 Å². The first-order chi connectivity index (χ1) is 10.9. The van der Waals surface area contributed by atoms with Gasteiger partial charge in [0.1, 0.15) is 19.2 Å². The minimum Gasteiger partial charge on any atom is -0.351 e. The fourth-order valence-electron chi connectivity index (χ4n) is 2.65. The highest BCUT2D eigenvalue weighted by molar-refractivity contribution is 5.84. The molecule has 0 bridgehead atoms. The molecule has 0 radical (unpaired) electrons. The van der Waals surface area contributed by atoms with Crippen molar-refractivity contribution < 1.29 is 22.8 Å². The molecule has 0 spiro atoms. The summed E-state index contributed by atoms with van der Waals surface area (Å²) in [7, 11) is 0. The van der Waals surface area contributed by atoms with Crippen molar-refractivity contribution in [3.8, 4) is 0 Å². The molecule has 128 valence electrons. The molecule has 7 nitrogen and oxygen atoms in total. The summed E-state index contributed by atoms with van der Waals surface area (Å²) in [5.74, 6) is -2.62. The number of carbonyl (C=O) groups is 2. The lowest BCUT2D eigenvalue weighted by atomic mass is 9.84.